The fourth-order valence-electron chi connectivity index (χ4n) is 3.46. The van der Waals surface area contributed by atoms with Gasteiger partial charge in [0, 0.05) is 48.3 Å². The molecule has 6 N–H and O–H groups in total. The van der Waals surface area contributed by atoms with Crippen LogP contribution in [0.1, 0.15) is 43.1 Å². The number of nitrogens with zero attached hydrogens (tertiary/aromatic N) is 2. The second-order valence-electron chi connectivity index (χ2n) is 7.07. The molecule has 0 aliphatic carbocycles. The molecule has 0 amide bonds. The Morgan fingerprint density at radius 3 is 2.90 bits per heavy atom. The van der Waals surface area contributed by atoms with Crippen molar-refractivity contribution in [3.63, 3.8) is 0 Å². The molecular weight excluding hydrogens is 397 g/mol. The average molecular weight is 423 g/mol. The number of nitrogens with one attached hydrogen (secondary N) is 4. The summed E-state index contributed by atoms with van der Waals surface area (Å²) in [5.41, 5.74) is 17.3. The Labute approximate surface area is 180 Å². The van der Waals surface area contributed by atoms with E-state index in [1.54, 1.807) is 38.5 Å². The van der Waals surface area contributed by atoms with Crippen LogP contribution in [0.2, 0.25) is 0 Å². The van der Waals surface area contributed by atoms with Gasteiger partial charge < -0.3 is 21.1 Å². The van der Waals surface area contributed by atoms with Crippen LogP contribution in [0.3, 0.4) is 0 Å². The van der Waals surface area contributed by atoms with E-state index >= 15 is 0 Å². The first kappa shape index (κ1) is 21.9. The molecule has 9 heteroatoms. The molecule has 0 saturated carbocycles. The van der Waals surface area contributed by atoms with Gasteiger partial charge in [0.05, 0.1) is 17.1 Å². The van der Waals surface area contributed by atoms with Gasteiger partial charge >= 0.3 is 0 Å². The van der Waals surface area contributed by atoms with Crippen molar-refractivity contribution in [3.8, 4) is 5.75 Å². The van der Waals surface area contributed by atoms with Crippen LogP contribution in [-0.2, 0) is 0 Å². The highest BCUT2D eigenvalue weighted by Gasteiger charge is 2.22. The number of pyridine rings is 1. The minimum atomic E-state index is -0.590. The van der Waals surface area contributed by atoms with Gasteiger partial charge in [0.1, 0.15) is 11.9 Å². The van der Waals surface area contributed by atoms with Crippen molar-refractivity contribution < 1.29 is 9.13 Å². The Kier molecular flexibility index (Phi) is 6.64. The summed E-state index contributed by atoms with van der Waals surface area (Å²) >= 11 is 0. The van der Waals surface area contributed by atoms with Crippen molar-refractivity contribution in [1.82, 2.24) is 15.6 Å². The molecule has 0 fully saturated rings. The first-order chi connectivity index (χ1) is 14.9. The van der Waals surface area contributed by atoms with Gasteiger partial charge in [0.2, 0.25) is 0 Å². The molecule has 1 atom stereocenters. The van der Waals surface area contributed by atoms with Gasteiger partial charge in [-0.1, -0.05) is 6.92 Å². The molecule has 31 heavy (non-hydrogen) atoms. The number of aromatic nitrogens is 1. The molecule has 2 aromatic rings. The molecular formula is C22H26FN7O. The Hall–Kier alpha value is -3.75. The normalized spacial score (nSPS) is 19.3. The number of benzene rings is 1. The minimum Gasteiger partial charge on any atom is -0.482 e. The van der Waals surface area contributed by atoms with Gasteiger partial charge in [-0.15, -0.1) is 0 Å². The first-order valence-corrected chi connectivity index (χ1v) is 9.91. The van der Waals surface area contributed by atoms with Gasteiger partial charge in [0.25, 0.3) is 0 Å². The van der Waals surface area contributed by atoms with Gasteiger partial charge in [-0.05, 0) is 37.6 Å². The van der Waals surface area contributed by atoms with Crippen LogP contribution < -0.4 is 21.1 Å². The van der Waals surface area contributed by atoms with E-state index in [-0.39, 0.29) is 18.1 Å². The fourth-order valence-corrected chi connectivity index (χ4v) is 3.46. The number of nitrogen functional groups attached to an aromatic ring is 1. The van der Waals surface area contributed by atoms with E-state index in [1.807, 2.05) is 6.92 Å². The van der Waals surface area contributed by atoms with Crippen molar-refractivity contribution in [2.75, 3.05) is 19.3 Å². The summed E-state index contributed by atoms with van der Waals surface area (Å²) in [5, 5.41) is 18.7. The van der Waals surface area contributed by atoms with Gasteiger partial charge in [0.15, 0.2) is 11.6 Å². The largest absolute Gasteiger partial charge is 0.482 e. The Morgan fingerprint density at radius 2 is 2.23 bits per heavy atom. The summed E-state index contributed by atoms with van der Waals surface area (Å²) in [7, 11) is 1.75. The molecule has 1 aliphatic rings. The van der Waals surface area contributed by atoms with Crippen LogP contribution in [0.15, 0.2) is 53.0 Å². The van der Waals surface area contributed by atoms with E-state index in [0.717, 1.165) is 0 Å². The molecule has 0 spiro atoms. The number of halogens is 1. The van der Waals surface area contributed by atoms with Crippen LogP contribution >= 0.6 is 0 Å². The van der Waals surface area contributed by atoms with Crippen LogP contribution in [0.4, 0.5) is 10.2 Å². The third-order valence-corrected chi connectivity index (χ3v) is 5.05. The molecule has 162 valence electrons. The van der Waals surface area contributed by atoms with E-state index in [1.165, 1.54) is 12.1 Å². The van der Waals surface area contributed by atoms with E-state index in [0.29, 0.717) is 45.8 Å². The van der Waals surface area contributed by atoms with E-state index < -0.39 is 11.9 Å². The highest BCUT2D eigenvalue weighted by molar-refractivity contribution is 6.12. The van der Waals surface area contributed by atoms with E-state index in [9.17, 15) is 4.39 Å². The monoisotopic (exact) mass is 423 g/mol. The lowest BCUT2D eigenvalue weighted by atomic mass is 9.94. The van der Waals surface area contributed by atoms with Crippen molar-refractivity contribution in [2.24, 2.45) is 5.11 Å². The number of ether oxygens (including phenoxy) is 1. The van der Waals surface area contributed by atoms with Crippen LogP contribution in [0.5, 0.6) is 5.75 Å². The van der Waals surface area contributed by atoms with Crippen LogP contribution in [0, 0.1) is 16.8 Å². The summed E-state index contributed by atoms with van der Waals surface area (Å²) in [5.74, 6) is 0.107. The molecule has 0 radical (unpaired) electrons. The number of rotatable bonds is 3. The van der Waals surface area contributed by atoms with Gasteiger partial charge in [-0.3, -0.25) is 5.41 Å². The smallest absolute Gasteiger partial charge is 0.166 e. The second-order valence-corrected chi connectivity index (χ2v) is 7.07. The van der Waals surface area contributed by atoms with E-state index in [2.05, 4.69) is 20.7 Å². The summed E-state index contributed by atoms with van der Waals surface area (Å²) in [6.45, 7) is 3.95. The zero-order valence-corrected chi connectivity index (χ0v) is 17.7. The maximum atomic E-state index is 14.1. The predicted octanol–water partition coefficient (Wildman–Crippen LogP) is 4.13. The molecule has 1 aromatic heterocycles. The third-order valence-electron chi connectivity index (χ3n) is 5.05. The molecule has 2 bridgehead atoms. The van der Waals surface area contributed by atoms with Gasteiger partial charge in [-0.2, -0.15) is 5.11 Å². The average Bonchev–Trinajstić information content (AvgIpc) is 2.76. The van der Waals surface area contributed by atoms with Crippen molar-refractivity contribution in [3.05, 3.63) is 70.4 Å². The summed E-state index contributed by atoms with van der Waals surface area (Å²) in [4.78, 5) is 4.24. The summed E-state index contributed by atoms with van der Waals surface area (Å²) in [6.07, 6.45) is 3.23. The number of nitrogens with two attached hydrogens (primary N) is 1. The number of hydrogen-bond donors (Lipinski definition) is 5. The molecule has 0 unspecified atom stereocenters. The summed E-state index contributed by atoms with van der Waals surface area (Å²) in [6, 6.07) is 6.01. The lowest BCUT2D eigenvalue weighted by molar-refractivity contribution is 0.227. The SMILES string of the molecule is CC/C(N=N)=C1/NC/C(=C/NC)C(=N)c2ccc(F)cc2[C@@H](C)Oc2cc1cnc2N. The van der Waals surface area contributed by atoms with Crippen LogP contribution in [-0.4, -0.2) is 24.3 Å². The molecule has 1 aliphatic heterocycles. The lowest BCUT2D eigenvalue weighted by Gasteiger charge is -2.23. The quantitative estimate of drug-likeness (QED) is 0.474. The Balaban J connectivity index is 2.25. The summed E-state index contributed by atoms with van der Waals surface area (Å²) < 4.78 is 20.1. The maximum absolute atomic E-state index is 14.1. The number of fused-ring (bicyclic) bond motifs is 3. The minimum absolute atomic E-state index is 0.191. The van der Waals surface area contributed by atoms with Crippen LogP contribution in [0.25, 0.3) is 5.70 Å². The van der Waals surface area contributed by atoms with E-state index in [4.69, 9.17) is 21.4 Å². The number of allylic oxidation sites excluding steroid dienone is 1. The maximum Gasteiger partial charge on any atom is 0.166 e. The highest BCUT2D eigenvalue weighted by atomic mass is 19.1. The topological polar surface area (TPSA) is 132 Å². The Morgan fingerprint density at radius 1 is 1.45 bits per heavy atom. The third kappa shape index (κ3) is 4.55. The first-order valence-electron chi connectivity index (χ1n) is 9.91. The lowest BCUT2D eigenvalue weighted by Crippen LogP contribution is -2.24. The van der Waals surface area contributed by atoms with Crippen molar-refractivity contribution in [2.45, 2.75) is 26.4 Å². The number of hydrogen-bond acceptors (Lipinski definition) is 8. The molecule has 3 rings (SSSR count). The molecule has 0 saturated heterocycles. The highest BCUT2D eigenvalue weighted by Crippen LogP contribution is 2.32. The fraction of sp³-hybridized carbons (Fsp3) is 0.273. The van der Waals surface area contributed by atoms with Crippen molar-refractivity contribution >= 4 is 17.2 Å². The predicted molar refractivity (Wildman–Crippen MR) is 118 cm³/mol. The second kappa shape index (κ2) is 9.38. The molecule has 8 nitrogen and oxygen atoms in total. The molecule has 2 heterocycles. The van der Waals surface area contributed by atoms with Crippen molar-refractivity contribution in [1.29, 1.82) is 10.9 Å². The zero-order valence-electron chi connectivity index (χ0n) is 17.7. The Bertz CT molecular complexity index is 1080. The standard InChI is InChI=1S/C22H26FN7O/c1-4-18(30-26)21-13-7-19(22(25)29-10-13)31-12(2)17-8-15(23)5-6-16(17)20(24)14(9-27-3)11-28-21/h5-10,12,24,26-28H,4,11H2,1-3H3,(H2,25,29)/b14-9-,21-18-,24-20?,30-26?/t12-/m1/s1. The van der Waals surface area contributed by atoms with Gasteiger partial charge in [-0.25, -0.2) is 14.9 Å². The zero-order chi connectivity index (χ0) is 22.5. The number of anilines is 1. The molecule has 1 aromatic carbocycles.